The predicted molar refractivity (Wildman–Crippen MR) is 143 cm³/mol. The number of ether oxygens (including phenoxy) is 2. The molecular formula is C28H29N3O4S. The van der Waals surface area contributed by atoms with Gasteiger partial charge in [-0.2, -0.15) is 9.50 Å². The molecule has 7 nitrogen and oxygen atoms in total. The Kier molecular flexibility index (Phi) is 7.04. The van der Waals surface area contributed by atoms with Crippen LogP contribution < -0.4 is 19.6 Å². The molecule has 186 valence electrons. The zero-order valence-corrected chi connectivity index (χ0v) is 21.6. The number of furan rings is 1. The van der Waals surface area contributed by atoms with E-state index in [1.807, 2.05) is 55.5 Å². The first kappa shape index (κ1) is 24.1. The summed E-state index contributed by atoms with van der Waals surface area (Å²) >= 11 is 1.30. The van der Waals surface area contributed by atoms with E-state index in [9.17, 15) is 4.79 Å². The fourth-order valence-corrected chi connectivity index (χ4v) is 5.16. The lowest BCUT2D eigenvalue weighted by Gasteiger charge is -2.11. The molecule has 36 heavy (non-hydrogen) atoms. The van der Waals surface area contributed by atoms with Gasteiger partial charge in [0.1, 0.15) is 5.58 Å². The molecular weight excluding hydrogens is 474 g/mol. The molecule has 5 rings (SSSR count). The molecule has 0 aliphatic heterocycles. The van der Waals surface area contributed by atoms with Gasteiger partial charge in [0.25, 0.3) is 5.56 Å². The van der Waals surface area contributed by atoms with Gasteiger partial charge in [-0.25, -0.2) is 0 Å². The van der Waals surface area contributed by atoms with E-state index in [4.69, 9.17) is 13.9 Å². The molecule has 0 N–H and O–H groups in total. The minimum absolute atomic E-state index is 0.214. The molecule has 3 aromatic heterocycles. The van der Waals surface area contributed by atoms with Crippen molar-refractivity contribution in [2.75, 3.05) is 13.7 Å². The molecule has 0 spiro atoms. The number of para-hydroxylation sites is 1. The van der Waals surface area contributed by atoms with Crippen LogP contribution in [0.2, 0.25) is 0 Å². The second-order valence-corrected chi connectivity index (χ2v) is 9.78. The molecule has 3 heterocycles. The normalized spacial score (nSPS) is 12.1. The minimum Gasteiger partial charge on any atom is -0.493 e. The van der Waals surface area contributed by atoms with Gasteiger partial charge in [0.2, 0.25) is 10.8 Å². The Bertz CT molecular complexity index is 1620. The maximum Gasteiger partial charge on any atom is 0.291 e. The van der Waals surface area contributed by atoms with Crippen molar-refractivity contribution in [1.82, 2.24) is 14.6 Å². The van der Waals surface area contributed by atoms with Crippen LogP contribution in [0.15, 0.2) is 51.7 Å². The van der Waals surface area contributed by atoms with Crippen LogP contribution in [-0.2, 0) is 0 Å². The number of aromatic nitrogens is 3. The molecule has 2 aromatic carbocycles. The molecule has 0 saturated heterocycles. The largest absolute Gasteiger partial charge is 0.493 e. The van der Waals surface area contributed by atoms with E-state index in [1.54, 1.807) is 7.11 Å². The van der Waals surface area contributed by atoms with E-state index >= 15 is 0 Å². The van der Waals surface area contributed by atoms with Crippen LogP contribution in [0.4, 0.5) is 0 Å². The van der Waals surface area contributed by atoms with Crippen LogP contribution in [0.3, 0.4) is 0 Å². The molecule has 8 heteroatoms. The van der Waals surface area contributed by atoms with Gasteiger partial charge in [0.05, 0.1) is 18.2 Å². The lowest BCUT2D eigenvalue weighted by Crippen LogP contribution is -2.23. The lowest BCUT2D eigenvalue weighted by molar-refractivity contribution is 0.285. The number of aryl methyl sites for hydroxylation is 1. The monoisotopic (exact) mass is 503 g/mol. The summed E-state index contributed by atoms with van der Waals surface area (Å²) < 4.78 is 19.3. The Labute approximate surface area is 213 Å². The molecule has 0 atom stereocenters. The summed E-state index contributed by atoms with van der Waals surface area (Å²) in [6.07, 6.45) is 7.74. The maximum absolute atomic E-state index is 13.1. The molecule has 0 aliphatic rings. The third-order valence-electron chi connectivity index (χ3n) is 6.22. The highest BCUT2D eigenvalue weighted by Gasteiger charge is 2.19. The quantitative estimate of drug-likeness (QED) is 0.225. The van der Waals surface area contributed by atoms with Crippen molar-refractivity contribution in [3.05, 3.63) is 68.5 Å². The number of thiazole rings is 1. The highest BCUT2D eigenvalue weighted by atomic mass is 32.1. The van der Waals surface area contributed by atoms with Gasteiger partial charge < -0.3 is 13.9 Å². The highest BCUT2D eigenvalue weighted by Crippen LogP contribution is 2.31. The molecule has 0 fully saturated rings. The summed E-state index contributed by atoms with van der Waals surface area (Å²) in [5.41, 5.74) is 2.36. The van der Waals surface area contributed by atoms with E-state index in [2.05, 4.69) is 17.0 Å². The van der Waals surface area contributed by atoms with Crippen LogP contribution in [0.5, 0.6) is 11.5 Å². The van der Waals surface area contributed by atoms with Crippen molar-refractivity contribution >= 4 is 33.3 Å². The SMILES string of the molecule is CCCCCCCOc1ccc(C=c2sc3nc(-c4oc5ccccc5c4C)nn3c2=O)cc1OC. The fourth-order valence-electron chi connectivity index (χ4n) is 4.25. The number of hydrogen-bond acceptors (Lipinski definition) is 7. The smallest absolute Gasteiger partial charge is 0.291 e. The van der Waals surface area contributed by atoms with Crippen molar-refractivity contribution in [2.24, 2.45) is 0 Å². The van der Waals surface area contributed by atoms with Crippen molar-refractivity contribution in [3.63, 3.8) is 0 Å². The van der Waals surface area contributed by atoms with Gasteiger partial charge in [0, 0.05) is 10.9 Å². The Morgan fingerprint density at radius 3 is 2.69 bits per heavy atom. The fraction of sp³-hybridized carbons (Fsp3) is 0.321. The lowest BCUT2D eigenvalue weighted by atomic mass is 10.1. The number of benzene rings is 2. The number of methoxy groups -OCH3 is 1. The Morgan fingerprint density at radius 1 is 1.08 bits per heavy atom. The first-order valence-electron chi connectivity index (χ1n) is 12.3. The van der Waals surface area contributed by atoms with E-state index in [0.717, 1.165) is 28.5 Å². The number of hydrogen-bond donors (Lipinski definition) is 0. The van der Waals surface area contributed by atoms with Crippen LogP contribution in [0.25, 0.3) is 33.6 Å². The van der Waals surface area contributed by atoms with Gasteiger partial charge >= 0.3 is 0 Å². The van der Waals surface area contributed by atoms with Crippen LogP contribution in [0.1, 0.15) is 50.2 Å². The second-order valence-electron chi connectivity index (χ2n) is 8.77. The average molecular weight is 504 g/mol. The first-order valence-corrected chi connectivity index (χ1v) is 13.1. The molecule has 0 saturated carbocycles. The second kappa shape index (κ2) is 10.5. The van der Waals surface area contributed by atoms with E-state index in [1.165, 1.54) is 41.5 Å². The zero-order chi connectivity index (χ0) is 25.1. The molecule has 0 radical (unpaired) electrons. The zero-order valence-electron chi connectivity index (χ0n) is 20.7. The van der Waals surface area contributed by atoms with Crippen molar-refractivity contribution < 1.29 is 13.9 Å². The molecule has 5 aromatic rings. The van der Waals surface area contributed by atoms with Crippen molar-refractivity contribution in [1.29, 1.82) is 0 Å². The summed E-state index contributed by atoms with van der Waals surface area (Å²) in [7, 11) is 1.62. The molecule has 0 amide bonds. The van der Waals surface area contributed by atoms with Crippen molar-refractivity contribution in [2.45, 2.75) is 46.0 Å². The number of rotatable bonds is 10. The predicted octanol–water partition coefficient (Wildman–Crippen LogP) is 5.78. The first-order chi connectivity index (χ1) is 17.6. The standard InChI is InChI=1S/C28H29N3O4S/c1-4-5-6-7-10-15-34-22-14-13-19(16-23(22)33-3)17-24-27(32)31-28(36-24)29-26(30-31)25-18(2)20-11-8-9-12-21(20)35-25/h8-9,11-14,16-17H,4-7,10,15H2,1-3H3. The van der Waals surface area contributed by atoms with Crippen LogP contribution >= 0.6 is 11.3 Å². The van der Waals surface area contributed by atoms with Gasteiger partial charge in [-0.3, -0.25) is 4.79 Å². The van der Waals surface area contributed by atoms with Gasteiger partial charge in [-0.15, -0.1) is 5.10 Å². The summed E-state index contributed by atoms with van der Waals surface area (Å²) in [4.78, 5) is 18.2. The van der Waals surface area contributed by atoms with E-state index < -0.39 is 0 Å². The summed E-state index contributed by atoms with van der Waals surface area (Å²) in [5.74, 6) is 2.35. The topological polar surface area (TPSA) is 78.9 Å². The van der Waals surface area contributed by atoms with Crippen LogP contribution in [-0.4, -0.2) is 28.3 Å². The number of fused-ring (bicyclic) bond motifs is 2. The maximum atomic E-state index is 13.1. The van der Waals surface area contributed by atoms with E-state index in [-0.39, 0.29) is 5.56 Å². The molecule has 0 aliphatic carbocycles. The number of nitrogens with zero attached hydrogens (tertiary/aromatic N) is 3. The Hall–Kier alpha value is -3.65. The van der Waals surface area contributed by atoms with Crippen LogP contribution in [0, 0.1) is 6.92 Å². The molecule has 0 bridgehead atoms. The third-order valence-corrected chi connectivity index (χ3v) is 7.18. The van der Waals surface area contributed by atoms with Gasteiger partial charge in [-0.1, -0.05) is 68.2 Å². The highest BCUT2D eigenvalue weighted by molar-refractivity contribution is 7.15. The van der Waals surface area contributed by atoms with Gasteiger partial charge in [-0.05, 0) is 43.2 Å². The summed E-state index contributed by atoms with van der Waals surface area (Å²) in [5, 5.41) is 5.47. The Morgan fingerprint density at radius 2 is 1.92 bits per heavy atom. The van der Waals surface area contributed by atoms with Crippen molar-refractivity contribution in [3.8, 4) is 23.1 Å². The third kappa shape index (κ3) is 4.73. The number of unbranched alkanes of at least 4 members (excludes halogenated alkanes) is 4. The summed E-state index contributed by atoms with van der Waals surface area (Å²) in [6.45, 7) is 4.84. The van der Waals surface area contributed by atoms with Gasteiger partial charge in [0.15, 0.2) is 17.3 Å². The summed E-state index contributed by atoms with van der Waals surface area (Å²) in [6, 6.07) is 13.5. The Balaban J connectivity index is 1.38. The molecule has 0 unspecified atom stereocenters. The average Bonchev–Trinajstić information content (AvgIpc) is 3.54. The minimum atomic E-state index is -0.214. The van der Waals surface area contributed by atoms with E-state index in [0.29, 0.717) is 39.2 Å².